The van der Waals surface area contributed by atoms with Gasteiger partial charge in [-0.25, -0.2) is 0 Å². The van der Waals surface area contributed by atoms with E-state index >= 15 is 0 Å². The van der Waals surface area contributed by atoms with Gasteiger partial charge < -0.3 is 9.64 Å². The topological polar surface area (TPSA) is 12.5 Å². The first-order chi connectivity index (χ1) is 9.88. The van der Waals surface area contributed by atoms with Crippen molar-refractivity contribution in [3.8, 4) is 16.9 Å². The van der Waals surface area contributed by atoms with Crippen LogP contribution in [0, 0.1) is 0 Å². The van der Waals surface area contributed by atoms with E-state index in [1.807, 2.05) is 36.4 Å². The molecule has 0 radical (unpaired) electrons. The normalized spacial score (nSPS) is 11.7. The quantitative estimate of drug-likeness (QED) is 0.792. The summed E-state index contributed by atoms with van der Waals surface area (Å²) in [5.41, 5.74) is 2.32. The maximum Gasteiger partial charge on any atom is 0.119 e. The van der Waals surface area contributed by atoms with Gasteiger partial charge in [0.25, 0.3) is 0 Å². The van der Waals surface area contributed by atoms with Gasteiger partial charge in [0.1, 0.15) is 12.4 Å². The highest BCUT2D eigenvalue weighted by molar-refractivity contribution is 6.30. The molecule has 0 aromatic heterocycles. The molecule has 0 aliphatic carbocycles. The molecule has 0 fully saturated rings. The molecule has 112 valence electrons. The van der Waals surface area contributed by atoms with E-state index in [1.54, 1.807) is 0 Å². The number of rotatable bonds is 5. The largest absolute Gasteiger partial charge is 0.492 e. The number of nitrogens with zero attached hydrogens (tertiary/aromatic N) is 1. The van der Waals surface area contributed by atoms with E-state index in [0.717, 1.165) is 21.9 Å². The first-order valence-corrected chi connectivity index (χ1v) is 7.42. The summed E-state index contributed by atoms with van der Waals surface area (Å²) in [6.07, 6.45) is 0. The predicted molar refractivity (Wildman–Crippen MR) is 90.1 cm³/mol. The van der Waals surface area contributed by atoms with Crippen LogP contribution in [0.1, 0.15) is 13.8 Å². The third-order valence-electron chi connectivity index (χ3n) is 3.83. The Morgan fingerprint density at radius 1 is 0.905 bits per heavy atom. The standard InChI is InChI=1S/C18H22ClNO/c1-18(2,20(3)4)13-21-17-11-7-15(8-12-17)14-5-9-16(19)10-6-14/h5-12H,13H2,1-4H3. The molecule has 0 N–H and O–H groups in total. The van der Waals surface area contributed by atoms with Gasteiger partial charge in [-0.1, -0.05) is 35.9 Å². The summed E-state index contributed by atoms with van der Waals surface area (Å²) in [6, 6.07) is 16.0. The van der Waals surface area contributed by atoms with Gasteiger partial charge in [0.05, 0.1) is 0 Å². The maximum absolute atomic E-state index is 5.91. The molecular weight excluding hydrogens is 282 g/mol. The molecule has 2 rings (SSSR count). The molecule has 0 saturated carbocycles. The maximum atomic E-state index is 5.91. The Bertz CT molecular complexity index is 573. The van der Waals surface area contributed by atoms with Crippen LogP contribution in [0.2, 0.25) is 5.02 Å². The van der Waals surface area contributed by atoms with Crippen molar-refractivity contribution < 1.29 is 4.74 Å². The van der Waals surface area contributed by atoms with Crippen molar-refractivity contribution in [2.24, 2.45) is 0 Å². The molecule has 21 heavy (non-hydrogen) atoms. The van der Waals surface area contributed by atoms with Crippen LogP contribution in [-0.4, -0.2) is 31.1 Å². The Morgan fingerprint density at radius 2 is 1.38 bits per heavy atom. The molecule has 0 heterocycles. The number of ether oxygens (including phenoxy) is 1. The average molecular weight is 304 g/mol. The molecule has 0 aliphatic heterocycles. The highest BCUT2D eigenvalue weighted by Gasteiger charge is 2.21. The van der Waals surface area contributed by atoms with E-state index in [-0.39, 0.29) is 5.54 Å². The SMILES string of the molecule is CN(C)C(C)(C)COc1ccc(-c2ccc(Cl)cc2)cc1. The van der Waals surface area contributed by atoms with Crippen molar-refractivity contribution in [2.75, 3.05) is 20.7 Å². The zero-order valence-electron chi connectivity index (χ0n) is 13.1. The van der Waals surface area contributed by atoms with Gasteiger partial charge in [-0.3, -0.25) is 0 Å². The summed E-state index contributed by atoms with van der Waals surface area (Å²) in [6.45, 7) is 4.98. The minimum Gasteiger partial charge on any atom is -0.492 e. The predicted octanol–water partition coefficient (Wildman–Crippen LogP) is 4.73. The summed E-state index contributed by atoms with van der Waals surface area (Å²) in [5, 5.41) is 0.754. The van der Waals surface area contributed by atoms with Gasteiger partial charge in [-0.15, -0.1) is 0 Å². The van der Waals surface area contributed by atoms with E-state index < -0.39 is 0 Å². The number of halogens is 1. The highest BCUT2D eigenvalue weighted by Crippen LogP contribution is 2.24. The van der Waals surface area contributed by atoms with Crippen LogP contribution in [0.15, 0.2) is 48.5 Å². The minimum absolute atomic E-state index is 0.00878. The minimum atomic E-state index is 0.00878. The Kier molecular flexibility index (Phi) is 4.92. The lowest BCUT2D eigenvalue weighted by atomic mass is 10.1. The van der Waals surface area contributed by atoms with E-state index in [0.29, 0.717) is 6.61 Å². The molecule has 0 aliphatic rings. The van der Waals surface area contributed by atoms with Crippen LogP contribution in [0.4, 0.5) is 0 Å². The highest BCUT2D eigenvalue weighted by atomic mass is 35.5. The fraction of sp³-hybridized carbons (Fsp3) is 0.333. The molecule has 2 aromatic rings. The van der Waals surface area contributed by atoms with E-state index in [2.05, 4.69) is 45.0 Å². The van der Waals surface area contributed by atoms with Gasteiger partial charge in [0, 0.05) is 10.6 Å². The summed E-state index contributed by atoms with van der Waals surface area (Å²) < 4.78 is 5.88. The Balaban J connectivity index is 2.04. The van der Waals surface area contributed by atoms with Gasteiger partial charge in [0.2, 0.25) is 0 Å². The molecule has 0 atom stereocenters. The molecule has 2 aromatic carbocycles. The summed E-state index contributed by atoms with van der Waals surface area (Å²) in [5.74, 6) is 0.891. The van der Waals surface area contributed by atoms with E-state index in [1.165, 1.54) is 0 Å². The number of hydrogen-bond acceptors (Lipinski definition) is 2. The van der Waals surface area contributed by atoms with Crippen LogP contribution in [0.25, 0.3) is 11.1 Å². The fourth-order valence-electron chi connectivity index (χ4n) is 1.77. The molecular formula is C18H22ClNO. The van der Waals surface area contributed by atoms with Crippen LogP contribution in [0.3, 0.4) is 0 Å². The first kappa shape index (κ1) is 15.9. The van der Waals surface area contributed by atoms with Crippen LogP contribution < -0.4 is 4.74 Å². The molecule has 3 heteroatoms. The van der Waals surface area contributed by atoms with Gasteiger partial charge in [-0.2, -0.15) is 0 Å². The van der Waals surface area contributed by atoms with E-state index in [4.69, 9.17) is 16.3 Å². The lowest BCUT2D eigenvalue weighted by Gasteiger charge is -2.32. The zero-order valence-corrected chi connectivity index (χ0v) is 13.8. The van der Waals surface area contributed by atoms with Crippen LogP contribution in [0.5, 0.6) is 5.75 Å². The molecule has 0 spiro atoms. The van der Waals surface area contributed by atoms with Crippen molar-refractivity contribution in [1.29, 1.82) is 0 Å². The zero-order chi connectivity index (χ0) is 15.5. The summed E-state index contributed by atoms with van der Waals surface area (Å²) in [4.78, 5) is 2.16. The van der Waals surface area contributed by atoms with Crippen molar-refractivity contribution in [3.05, 3.63) is 53.6 Å². The number of benzene rings is 2. The monoisotopic (exact) mass is 303 g/mol. The lowest BCUT2D eigenvalue weighted by Crippen LogP contribution is -2.43. The second kappa shape index (κ2) is 6.50. The molecule has 2 nitrogen and oxygen atoms in total. The van der Waals surface area contributed by atoms with Crippen LogP contribution in [-0.2, 0) is 0 Å². The smallest absolute Gasteiger partial charge is 0.119 e. The van der Waals surface area contributed by atoms with Gasteiger partial charge >= 0.3 is 0 Å². The molecule has 0 amide bonds. The second-order valence-corrected chi connectivity index (χ2v) is 6.46. The van der Waals surface area contributed by atoms with Crippen molar-refractivity contribution in [3.63, 3.8) is 0 Å². The Morgan fingerprint density at radius 3 is 1.86 bits per heavy atom. The van der Waals surface area contributed by atoms with Crippen molar-refractivity contribution >= 4 is 11.6 Å². The second-order valence-electron chi connectivity index (χ2n) is 6.03. The fourth-order valence-corrected chi connectivity index (χ4v) is 1.90. The number of likely N-dealkylation sites (N-methyl/N-ethyl adjacent to an activating group) is 1. The van der Waals surface area contributed by atoms with Gasteiger partial charge in [-0.05, 0) is 63.3 Å². The Hall–Kier alpha value is -1.51. The van der Waals surface area contributed by atoms with Crippen molar-refractivity contribution in [1.82, 2.24) is 4.90 Å². The molecule has 0 saturated heterocycles. The average Bonchev–Trinajstić information content (AvgIpc) is 2.46. The van der Waals surface area contributed by atoms with E-state index in [9.17, 15) is 0 Å². The first-order valence-electron chi connectivity index (χ1n) is 7.05. The lowest BCUT2D eigenvalue weighted by molar-refractivity contribution is 0.114. The third-order valence-corrected chi connectivity index (χ3v) is 4.09. The van der Waals surface area contributed by atoms with Crippen LogP contribution >= 0.6 is 11.6 Å². The Labute approximate surface area is 132 Å². The number of hydrogen-bond donors (Lipinski definition) is 0. The van der Waals surface area contributed by atoms with Crippen molar-refractivity contribution in [2.45, 2.75) is 19.4 Å². The molecule has 0 unspecified atom stereocenters. The summed E-state index contributed by atoms with van der Waals surface area (Å²) >= 11 is 5.91. The molecule has 0 bridgehead atoms. The van der Waals surface area contributed by atoms with Gasteiger partial charge in [0.15, 0.2) is 0 Å². The third kappa shape index (κ3) is 4.23. The summed E-state index contributed by atoms with van der Waals surface area (Å²) in [7, 11) is 4.12.